The van der Waals surface area contributed by atoms with Crippen molar-refractivity contribution in [3.05, 3.63) is 86.4 Å². The van der Waals surface area contributed by atoms with Gasteiger partial charge >= 0.3 is 5.97 Å². The highest BCUT2D eigenvalue weighted by Gasteiger charge is 2.43. The van der Waals surface area contributed by atoms with Crippen LogP contribution >= 0.6 is 15.9 Å². The van der Waals surface area contributed by atoms with Gasteiger partial charge in [0.05, 0.1) is 10.9 Å². The van der Waals surface area contributed by atoms with Crippen LogP contribution in [0.1, 0.15) is 62.0 Å². The summed E-state index contributed by atoms with van der Waals surface area (Å²) in [6.07, 6.45) is 3.53. The van der Waals surface area contributed by atoms with Crippen molar-refractivity contribution in [2.24, 2.45) is 0 Å². The number of aliphatic carboxylic acids is 1. The number of carboxylic acids is 1. The maximum absolute atomic E-state index is 13.5. The number of rotatable bonds is 7. The van der Waals surface area contributed by atoms with E-state index in [1.807, 2.05) is 17.0 Å². The molecule has 0 amide bonds. The van der Waals surface area contributed by atoms with Crippen molar-refractivity contribution in [1.29, 1.82) is 0 Å². The van der Waals surface area contributed by atoms with Crippen LogP contribution in [0.5, 0.6) is 5.75 Å². The fourth-order valence-corrected chi connectivity index (χ4v) is 6.14. The van der Waals surface area contributed by atoms with Gasteiger partial charge in [0.2, 0.25) is 0 Å². The molecule has 2 aromatic rings. The Kier molecular flexibility index (Phi) is 7.29. The molecule has 0 radical (unpaired) electrons. The van der Waals surface area contributed by atoms with Crippen molar-refractivity contribution in [3.63, 3.8) is 0 Å². The molecular weight excluding hydrogens is 541 g/mol. The number of nitrogens with zero attached hydrogens (tertiary/aromatic N) is 1. The quantitative estimate of drug-likeness (QED) is 0.438. The number of allylic oxidation sites excluding steroid dienone is 4. The summed E-state index contributed by atoms with van der Waals surface area (Å²) < 4.78 is 20.1. The molecule has 0 saturated heterocycles. The topological polar surface area (TPSA) is 83.9 Å². The Bertz CT molecular complexity index is 1300. The van der Waals surface area contributed by atoms with E-state index in [1.54, 1.807) is 18.2 Å². The fraction of sp³-hybridized carbons (Fsp3) is 0.345. The first kappa shape index (κ1) is 25.4. The lowest BCUT2D eigenvalue weighted by Crippen LogP contribution is -2.39. The molecule has 0 unspecified atom stereocenters. The second-order valence-electron chi connectivity index (χ2n) is 9.61. The third-order valence-corrected chi connectivity index (χ3v) is 7.83. The predicted octanol–water partition coefficient (Wildman–Crippen LogP) is 6.06. The number of carbonyl (C=O) groups excluding carboxylic acids is 2. The minimum Gasteiger partial charge on any atom is -0.488 e. The van der Waals surface area contributed by atoms with Crippen LogP contribution in [0.3, 0.4) is 0 Å². The van der Waals surface area contributed by atoms with Gasteiger partial charge in [0.1, 0.15) is 18.2 Å². The van der Waals surface area contributed by atoms with Crippen LogP contribution < -0.4 is 4.74 Å². The Hall–Kier alpha value is -3.26. The Morgan fingerprint density at radius 3 is 2.27 bits per heavy atom. The summed E-state index contributed by atoms with van der Waals surface area (Å²) in [5, 5.41) is 9.33. The minimum atomic E-state index is -0.909. The van der Waals surface area contributed by atoms with Gasteiger partial charge in [0.25, 0.3) is 0 Å². The zero-order chi connectivity index (χ0) is 26.1. The first-order chi connectivity index (χ1) is 17.8. The number of hydrogen-bond donors (Lipinski definition) is 1. The van der Waals surface area contributed by atoms with Gasteiger partial charge in [-0.3, -0.25) is 14.4 Å². The number of carboxylic acid groups (broad SMARTS) is 1. The molecule has 0 spiro atoms. The fourth-order valence-electron chi connectivity index (χ4n) is 5.63. The van der Waals surface area contributed by atoms with Crippen molar-refractivity contribution in [2.45, 2.75) is 57.5 Å². The molecule has 3 aliphatic rings. The van der Waals surface area contributed by atoms with Gasteiger partial charge in [-0.25, -0.2) is 4.39 Å². The van der Waals surface area contributed by atoms with Crippen molar-refractivity contribution >= 4 is 33.5 Å². The predicted molar refractivity (Wildman–Crippen MR) is 138 cm³/mol. The molecule has 1 aliphatic heterocycles. The number of carbonyl (C=O) groups is 3. The Balaban J connectivity index is 1.53. The molecule has 0 bridgehead atoms. The molecule has 192 valence electrons. The van der Waals surface area contributed by atoms with Crippen LogP contribution in [0.25, 0.3) is 0 Å². The smallest absolute Gasteiger partial charge is 0.305 e. The zero-order valence-corrected chi connectivity index (χ0v) is 21.9. The summed E-state index contributed by atoms with van der Waals surface area (Å²) in [4.78, 5) is 40.0. The molecule has 6 nitrogen and oxygen atoms in total. The lowest BCUT2D eigenvalue weighted by molar-refractivity contribution is -0.137. The SMILES string of the molecule is O=C(O)CCN1C2=C(C(=O)CCC2)C(c2ccc(OCc3cccc(F)c3)c(Br)c2)C2=C1CCCC2=O. The van der Waals surface area contributed by atoms with Crippen molar-refractivity contribution < 1.29 is 28.6 Å². The van der Waals surface area contributed by atoms with Gasteiger partial charge < -0.3 is 14.7 Å². The Morgan fingerprint density at radius 1 is 1.00 bits per heavy atom. The van der Waals surface area contributed by atoms with Gasteiger partial charge in [-0.15, -0.1) is 0 Å². The van der Waals surface area contributed by atoms with Crippen LogP contribution in [-0.2, 0) is 21.0 Å². The number of hydrogen-bond acceptors (Lipinski definition) is 5. The van der Waals surface area contributed by atoms with E-state index in [2.05, 4.69) is 15.9 Å². The number of halogens is 2. The van der Waals surface area contributed by atoms with Gasteiger partial charge in [0.15, 0.2) is 11.6 Å². The zero-order valence-electron chi connectivity index (χ0n) is 20.3. The van der Waals surface area contributed by atoms with Crippen LogP contribution in [0.4, 0.5) is 4.39 Å². The molecule has 5 rings (SSSR count). The van der Waals surface area contributed by atoms with Crippen LogP contribution in [0, 0.1) is 5.82 Å². The van der Waals surface area contributed by atoms with Crippen molar-refractivity contribution in [1.82, 2.24) is 4.90 Å². The summed E-state index contributed by atoms with van der Waals surface area (Å²) >= 11 is 3.58. The highest BCUT2D eigenvalue weighted by atomic mass is 79.9. The molecule has 0 fully saturated rings. The normalized spacial score (nSPS) is 18.2. The molecule has 0 atom stereocenters. The number of benzene rings is 2. The van der Waals surface area contributed by atoms with Crippen LogP contribution in [-0.4, -0.2) is 34.1 Å². The van der Waals surface area contributed by atoms with E-state index >= 15 is 0 Å². The molecule has 37 heavy (non-hydrogen) atoms. The summed E-state index contributed by atoms with van der Waals surface area (Å²) in [5.41, 5.74) is 4.47. The second kappa shape index (κ2) is 10.6. The molecule has 1 heterocycles. The van der Waals surface area contributed by atoms with E-state index < -0.39 is 11.9 Å². The standard InChI is InChI=1S/C29H27BrFNO5/c30-20-15-18(10-11-25(20)37-16-17-4-1-5-19(31)14-17)27-28-21(6-2-8-23(28)33)32(13-12-26(35)36)22-7-3-9-24(34)29(22)27/h1,4-5,10-11,14-15,27H,2-3,6-9,12-13,16H2,(H,35,36). The average molecular weight is 568 g/mol. The lowest BCUT2D eigenvalue weighted by Gasteiger charge is -2.44. The summed E-state index contributed by atoms with van der Waals surface area (Å²) in [5.74, 6) is -1.13. The van der Waals surface area contributed by atoms with Crippen molar-refractivity contribution in [2.75, 3.05) is 6.54 Å². The summed E-state index contributed by atoms with van der Waals surface area (Å²) in [7, 11) is 0. The first-order valence-corrected chi connectivity index (χ1v) is 13.3. The molecule has 1 N–H and O–H groups in total. The number of ether oxygens (including phenoxy) is 1. The van der Waals surface area contributed by atoms with Crippen LogP contribution in [0.2, 0.25) is 0 Å². The monoisotopic (exact) mass is 567 g/mol. The van der Waals surface area contributed by atoms with E-state index in [9.17, 15) is 23.9 Å². The number of Topliss-reactive ketones (excluding diaryl/α,β-unsaturated/α-hetero) is 2. The summed E-state index contributed by atoms with van der Waals surface area (Å²) in [6.45, 7) is 0.441. The molecule has 0 aromatic heterocycles. The second-order valence-corrected chi connectivity index (χ2v) is 10.5. The van der Waals surface area contributed by atoms with E-state index in [0.29, 0.717) is 65.5 Å². The van der Waals surface area contributed by atoms with Gasteiger partial charge in [-0.05, 0) is 77.0 Å². The Labute approximate surface area is 222 Å². The molecular formula is C29H27BrFNO5. The molecule has 8 heteroatoms. The highest BCUT2D eigenvalue weighted by Crippen LogP contribution is 2.49. The maximum Gasteiger partial charge on any atom is 0.305 e. The highest BCUT2D eigenvalue weighted by molar-refractivity contribution is 9.10. The third-order valence-electron chi connectivity index (χ3n) is 7.21. The minimum absolute atomic E-state index is 0.0130. The molecule has 2 aliphatic carbocycles. The van der Waals surface area contributed by atoms with Gasteiger partial charge in [-0.1, -0.05) is 18.2 Å². The Morgan fingerprint density at radius 2 is 1.68 bits per heavy atom. The summed E-state index contributed by atoms with van der Waals surface area (Å²) in [6, 6.07) is 11.8. The van der Waals surface area contributed by atoms with Gasteiger partial charge in [0, 0.05) is 47.8 Å². The lowest BCUT2D eigenvalue weighted by atomic mass is 9.71. The molecule has 0 saturated carbocycles. The van der Waals surface area contributed by atoms with E-state index in [1.165, 1.54) is 12.1 Å². The van der Waals surface area contributed by atoms with Crippen LogP contribution in [0.15, 0.2) is 69.5 Å². The third kappa shape index (κ3) is 5.12. The maximum atomic E-state index is 13.5. The van der Waals surface area contributed by atoms with E-state index in [0.717, 1.165) is 17.0 Å². The van der Waals surface area contributed by atoms with Crippen molar-refractivity contribution in [3.8, 4) is 5.75 Å². The number of ketones is 2. The first-order valence-electron chi connectivity index (χ1n) is 12.5. The van der Waals surface area contributed by atoms with E-state index in [-0.39, 0.29) is 37.0 Å². The molecule has 2 aromatic carbocycles. The van der Waals surface area contributed by atoms with Gasteiger partial charge in [-0.2, -0.15) is 0 Å². The largest absolute Gasteiger partial charge is 0.488 e. The average Bonchev–Trinajstić information content (AvgIpc) is 2.86. The van der Waals surface area contributed by atoms with E-state index in [4.69, 9.17) is 4.74 Å².